The fraction of sp³-hybridized carbons (Fsp3) is 0.0526. The van der Waals surface area contributed by atoms with Crippen LogP contribution in [0.2, 0.25) is 0 Å². The van der Waals surface area contributed by atoms with Crippen LogP contribution in [0.1, 0.15) is 15.5 Å². The molecular formula is C19H14FN5O2S. The molecule has 0 aliphatic heterocycles. The van der Waals surface area contributed by atoms with Gasteiger partial charge in [-0.25, -0.2) is 9.18 Å². The van der Waals surface area contributed by atoms with Crippen molar-refractivity contribution in [3.8, 4) is 0 Å². The largest absolute Gasteiger partial charge is 0.453 e. The SMILES string of the molecule is Nc1nc(COC(=O)c2cc3ccccc3s2)nc(Nc2ccc(F)cc2)n1. The number of esters is 1. The normalized spacial score (nSPS) is 10.8. The number of hydrogen-bond acceptors (Lipinski definition) is 8. The molecule has 7 nitrogen and oxygen atoms in total. The predicted octanol–water partition coefficient (Wildman–Crippen LogP) is 3.91. The summed E-state index contributed by atoms with van der Waals surface area (Å²) in [6, 6.07) is 15.2. The molecule has 0 fully saturated rings. The van der Waals surface area contributed by atoms with Gasteiger partial charge in [0.05, 0.1) is 0 Å². The number of hydrogen-bond donors (Lipinski definition) is 2. The predicted molar refractivity (Wildman–Crippen MR) is 105 cm³/mol. The van der Waals surface area contributed by atoms with Crippen molar-refractivity contribution in [2.75, 3.05) is 11.1 Å². The lowest BCUT2D eigenvalue weighted by atomic mass is 10.2. The molecule has 0 bridgehead atoms. The van der Waals surface area contributed by atoms with Crippen molar-refractivity contribution in [3.63, 3.8) is 0 Å². The molecule has 0 unspecified atom stereocenters. The standard InChI is InChI=1S/C19H14FN5O2S/c20-12-5-7-13(8-6-12)22-19-24-16(23-18(21)25-19)10-27-17(26)15-9-11-3-1-2-4-14(11)28-15/h1-9H,10H2,(H3,21,22,23,24,25). The van der Waals surface area contributed by atoms with Crippen molar-refractivity contribution in [1.29, 1.82) is 0 Å². The Hall–Kier alpha value is -3.59. The summed E-state index contributed by atoms with van der Waals surface area (Å²) in [5, 5.41) is 3.88. The quantitative estimate of drug-likeness (QED) is 0.494. The van der Waals surface area contributed by atoms with Crippen molar-refractivity contribution in [2.24, 2.45) is 0 Å². The lowest BCUT2D eigenvalue weighted by molar-refractivity contribution is 0.0468. The van der Waals surface area contributed by atoms with Crippen molar-refractivity contribution >= 4 is 45.0 Å². The van der Waals surface area contributed by atoms with E-state index < -0.39 is 5.97 Å². The Morgan fingerprint density at radius 2 is 1.89 bits per heavy atom. The van der Waals surface area contributed by atoms with Gasteiger partial charge in [-0.2, -0.15) is 15.0 Å². The van der Waals surface area contributed by atoms with E-state index in [9.17, 15) is 9.18 Å². The second-order valence-electron chi connectivity index (χ2n) is 5.79. The van der Waals surface area contributed by atoms with Gasteiger partial charge in [0.2, 0.25) is 11.9 Å². The van der Waals surface area contributed by atoms with E-state index in [1.807, 2.05) is 24.3 Å². The average molecular weight is 395 g/mol. The summed E-state index contributed by atoms with van der Waals surface area (Å²) in [4.78, 5) is 24.9. The van der Waals surface area contributed by atoms with Gasteiger partial charge >= 0.3 is 5.97 Å². The van der Waals surface area contributed by atoms with Gasteiger partial charge in [0, 0.05) is 10.4 Å². The summed E-state index contributed by atoms with van der Waals surface area (Å²) in [5.41, 5.74) is 6.29. The molecule has 9 heteroatoms. The number of nitrogens with one attached hydrogen (secondary N) is 1. The van der Waals surface area contributed by atoms with Crippen LogP contribution in [0.15, 0.2) is 54.6 Å². The minimum atomic E-state index is -0.465. The number of halogens is 1. The van der Waals surface area contributed by atoms with Crippen molar-refractivity contribution in [3.05, 3.63) is 71.1 Å². The Labute approximate surface area is 163 Å². The highest BCUT2D eigenvalue weighted by atomic mass is 32.1. The molecule has 0 aliphatic rings. The molecule has 3 N–H and O–H groups in total. The third-order valence-electron chi connectivity index (χ3n) is 3.76. The van der Waals surface area contributed by atoms with E-state index in [0.717, 1.165) is 10.1 Å². The number of aromatic nitrogens is 3. The van der Waals surface area contributed by atoms with Gasteiger partial charge in [-0.1, -0.05) is 18.2 Å². The number of nitrogens with zero attached hydrogens (tertiary/aromatic N) is 3. The number of anilines is 3. The van der Waals surface area contributed by atoms with Crippen molar-refractivity contribution < 1.29 is 13.9 Å². The second kappa shape index (κ2) is 7.57. The first-order chi connectivity index (χ1) is 13.6. The Balaban J connectivity index is 1.46. The number of nitrogens with two attached hydrogens (primary N) is 1. The number of ether oxygens (including phenoxy) is 1. The molecule has 0 spiro atoms. The monoisotopic (exact) mass is 395 g/mol. The topological polar surface area (TPSA) is 103 Å². The maximum absolute atomic E-state index is 13.0. The first-order valence-corrected chi connectivity index (χ1v) is 9.07. The number of carbonyl (C=O) groups is 1. The van der Waals surface area contributed by atoms with Gasteiger partial charge in [-0.15, -0.1) is 11.3 Å². The Morgan fingerprint density at radius 3 is 2.68 bits per heavy atom. The third-order valence-corrected chi connectivity index (χ3v) is 4.85. The number of fused-ring (bicyclic) bond motifs is 1. The van der Waals surface area contributed by atoms with E-state index in [4.69, 9.17) is 10.5 Å². The first kappa shape index (κ1) is 17.8. The molecule has 0 atom stereocenters. The number of nitrogen functional groups attached to an aromatic ring is 1. The van der Waals surface area contributed by atoms with E-state index in [-0.39, 0.29) is 30.1 Å². The second-order valence-corrected chi connectivity index (χ2v) is 6.87. The van der Waals surface area contributed by atoms with Crippen LogP contribution >= 0.6 is 11.3 Å². The summed E-state index contributed by atoms with van der Waals surface area (Å²) in [6.07, 6.45) is 0. The van der Waals surface area contributed by atoms with Crippen molar-refractivity contribution in [1.82, 2.24) is 15.0 Å². The number of rotatable bonds is 5. The fourth-order valence-electron chi connectivity index (χ4n) is 2.50. The van der Waals surface area contributed by atoms with Crippen LogP contribution < -0.4 is 11.1 Å². The van der Waals surface area contributed by atoms with Crippen LogP contribution in [-0.2, 0) is 11.3 Å². The van der Waals surface area contributed by atoms with Gasteiger partial charge in [0.25, 0.3) is 0 Å². The molecule has 0 saturated heterocycles. The highest BCUT2D eigenvalue weighted by molar-refractivity contribution is 7.20. The Morgan fingerprint density at radius 1 is 1.11 bits per heavy atom. The molecule has 4 aromatic rings. The van der Waals surface area contributed by atoms with Crippen LogP contribution in [0.25, 0.3) is 10.1 Å². The van der Waals surface area contributed by atoms with Gasteiger partial charge in [-0.3, -0.25) is 0 Å². The Bertz CT molecular complexity index is 1110. The molecule has 2 aromatic carbocycles. The zero-order chi connectivity index (χ0) is 19.5. The molecule has 0 aliphatic carbocycles. The van der Waals surface area contributed by atoms with Gasteiger partial charge < -0.3 is 15.8 Å². The summed E-state index contributed by atoms with van der Waals surface area (Å²) in [7, 11) is 0. The smallest absolute Gasteiger partial charge is 0.348 e. The maximum Gasteiger partial charge on any atom is 0.348 e. The van der Waals surface area contributed by atoms with E-state index in [2.05, 4.69) is 20.3 Å². The zero-order valence-electron chi connectivity index (χ0n) is 14.4. The van der Waals surface area contributed by atoms with Gasteiger partial charge in [-0.05, 0) is 41.8 Å². The summed E-state index contributed by atoms with van der Waals surface area (Å²) < 4.78 is 19.3. The maximum atomic E-state index is 13.0. The van der Waals surface area contributed by atoms with E-state index in [0.29, 0.717) is 10.6 Å². The minimum absolute atomic E-state index is 0.0208. The first-order valence-electron chi connectivity index (χ1n) is 8.25. The van der Waals surface area contributed by atoms with Crippen LogP contribution in [0.5, 0.6) is 0 Å². The van der Waals surface area contributed by atoms with Crippen LogP contribution in [0.4, 0.5) is 22.0 Å². The van der Waals surface area contributed by atoms with Crippen LogP contribution in [0, 0.1) is 5.82 Å². The molecule has 28 heavy (non-hydrogen) atoms. The van der Waals surface area contributed by atoms with Gasteiger partial charge in [0.1, 0.15) is 10.7 Å². The minimum Gasteiger partial charge on any atom is -0.453 e. The molecule has 2 heterocycles. The average Bonchev–Trinajstić information content (AvgIpc) is 3.12. The van der Waals surface area contributed by atoms with Crippen LogP contribution in [-0.4, -0.2) is 20.9 Å². The number of benzene rings is 2. The highest BCUT2D eigenvalue weighted by Gasteiger charge is 2.13. The summed E-state index contributed by atoms with van der Waals surface area (Å²) in [6.45, 7) is -0.155. The fourth-order valence-corrected chi connectivity index (χ4v) is 3.46. The third kappa shape index (κ3) is 4.04. The number of carbonyl (C=O) groups excluding carboxylic acids is 1. The lowest BCUT2D eigenvalue weighted by Crippen LogP contribution is -2.10. The van der Waals surface area contributed by atoms with E-state index in [1.165, 1.54) is 35.6 Å². The zero-order valence-corrected chi connectivity index (χ0v) is 15.2. The highest BCUT2D eigenvalue weighted by Crippen LogP contribution is 2.26. The summed E-state index contributed by atoms with van der Waals surface area (Å²) in [5.74, 6) is -0.464. The van der Waals surface area contributed by atoms with E-state index >= 15 is 0 Å². The van der Waals surface area contributed by atoms with Crippen molar-refractivity contribution in [2.45, 2.75) is 6.61 Å². The molecule has 4 rings (SSSR count). The molecular weight excluding hydrogens is 381 g/mol. The molecule has 0 amide bonds. The summed E-state index contributed by atoms with van der Waals surface area (Å²) >= 11 is 1.35. The number of thiophene rings is 1. The Kier molecular flexibility index (Phi) is 4.81. The van der Waals surface area contributed by atoms with E-state index in [1.54, 1.807) is 6.07 Å². The van der Waals surface area contributed by atoms with Crippen LogP contribution in [0.3, 0.4) is 0 Å². The lowest BCUT2D eigenvalue weighted by Gasteiger charge is -2.07. The molecule has 2 aromatic heterocycles. The molecule has 0 saturated carbocycles. The molecule has 0 radical (unpaired) electrons. The molecule has 140 valence electrons. The van der Waals surface area contributed by atoms with Gasteiger partial charge in [0.15, 0.2) is 12.4 Å².